The Morgan fingerprint density at radius 3 is 2.12 bits per heavy atom. The van der Waals surface area contributed by atoms with E-state index < -0.39 is 32.1 Å². The minimum atomic E-state index is -3.77. The van der Waals surface area contributed by atoms with Gasteiger partial charge in [-0.25, -0.2) is 21.6 Å². The van der Waals surface area contributed by atoms with Crippen LogP contribution in [0.25, 0.3) is 0 Å². The Morgan fingerprint density at radius 1 is 1.00 bits per heavy atom. The third-order valence-electron chi connectivity index (χ3n) is 4.51. The van der Waals surface area contributed by atoms with E-state index in [9.17, 15) is 21.6 Å². The minimum absolute atomic E-state index is 0.0218. The topological polar surface area (TPSA) is 131 Å². The van der Waals surface area contributed by atoms with Gasteiger partial charge in [0, 0.05) is 13.1 Å². The maximum Gasteiger partial charge on any atom is 0.265 e. The largest absolute Gasteiger partial charge is 0.495 e. The fraction of sp³-hybridized carbons (Fsp3) is 0.381. The third-order valence-corrected chi connectivity index (χ3v) is 7.37. The number of nitrogens with zero attached hydrogens (tertiary/aromatic N) is 1. The first-order valence-corrected chi connectivity index (χ1v) is 13.3. The number of hydrogen-bond donors (Lipinski definition) is 2. The summed E-state index contributed by atoms with van der Waals surface area (Å²) in [5, 5.41) is 2.63. The second kappa shape index (κ2) is 10.4. The summed E-state index contributed by atoms with van der Waals surface area (Å²) in [4.78, 5) is 12.7. The van der Waals surface area contributed by atoms with Gasteiger partial charge >= 0.3 is 0 Å². The van der Waals surface area contributed by atoms with Gasteiger partial charge in [-0.1, -0.05) is 0 Å². The van der Waals surface area contributed by atoms with Crippen molar-refractivity contribution in [2.24, 2.45) is 0 Å². The zero-order valence-electron chi connectivity index (χ0n) is 19.3. The number of ether oxygens (including phenoxy) is 2. The van der Waals surface area contributed by atoms with E-state index in [1.54, 1.807) is 38.1 Å². The molecule has 1 unspecified atom stereocenters. The molecule has 0 bridgehead atoms. The molecule has 0 heterocycles. The summed E-state index contributed by atoms with van der Waals surface area (Å²) in [6.45, 7) is 4.93. The third kappa shape index (κ3) is 7.07. The van der Waals surface area contributed by atoms with Crippen molar-refractivity contribution >= 4 is 37.3 Å². The van der Waals surface area contributed by atoms with Gasteiger partial charge in [0.15, 0.2) is 6.10 Å². The second-order valence-electron chi connectivity index (χ2n) is 7.61. The number of methoxy groups -OCH3 is 1. The van der Waals surface area contributed by atoms with Crippen molar-refractivity contribution < 1.29 is 31.1 Å². The van der Waals surface area contributed by atoms with Gasteiger partial charge in [-0.3, -0.25) is 9.10 Å². The van der Waals surface area contributed by atoms with E-state index in [1.807, 2.05) is 0 Å². The highest BCUT2D eigenvalue weighted by Gasteiger charge is 2.21. The van der Waals surface area contributed by atoms with E-state index >= 15 is 0 Å². The number of benzene rings is 2. The molecule has 12 heteroatoms. The average Bonchev–Trinajstić information content (AvgIpc) is 2.72. The van der Waals surface area contributed by atoms with E-state index in [-0.39, 0.29) is 22.4 Å². The van der Waals surface area contributed by atoms with E-state index in [0.29, 0.717) is 11.4 Å². The number of amides is 1. The number of carbonyl (C=O) groups excluding carboxylic acids is 1. The summed E-state index contributed by atoms with van der Waals surface area (Å²) in [7, 11) is -4.33. The molecule has 0 spiro atoms. The molecule has 2 aromatic rings. The molecule has 0 radical (unpaired) electrons. The molecule has 0 aromatic heterocycles. The van der Waals surface area contributed by atoms with Crippen molar-refractivity contribution in [3.05, 3.63) is 42.5 Å². The van der Waals surface area contributed by atoms with Crippen LogP contribution >= 0.6 is 0 Å². The van der Waals surface area contributed by atoms with Gasteiger partial charge in [0.05, 0.1) is 29.6 Å². The molecule has 1 amide bonds. The molecule has 33 heavy (non-hydrogen) atoms. The van der Waals surface area contributed by atoms with Crippen LogP contribution in [-0.4, -0.2) is 55.3 Å². The van der Waals surface area contributed by atoms with Crippen LogP contribution in [0.5, 0.6) is 11.5 Å². The first-order valence-electron chi connectivity index (χ1n) is 9.96. The summed E-state index contributed by atoms with van der Waals surface area (Å²) in [5.41, 5.74) is 0.620. The number of hydrogen-bond acceptors (Lipinski definition) is 7. The lowest BCUT2D eigenvalue weighted by Gasteiger charge is -2.19. The lowest BCUT2D eigenvalue weighted by molar-refractivity contribution is -0.122. The number of nitrogens with one attached hydrogen (secondary N) is 2. The Balaban J connectivity index is 2.16. The van der Waals surface area contributed by atoms with Crippen LogP contribution in [0.4, 0.5) is 11.4 Å². The van der Waals surface area contributed by atoms with Crippen molar-refractivity contribution in [3.8, 4) is 11.5 Å². The smallest absolute Gasteiger partial charge is 0.265 e. The number of sulfonamides is 2. The van der Waals surface area contributed by atoms with Gasteiger partial charge in [0.1, 0.15) is 11.5 Å². The molecule has 1 atom stereocenters. The quantitative estimate of drug-likeness (QED) is 0.512. The molecule has 0 fully saturated rings. The van der Waals surface area contributed by atoms with Gasteiger partial charge in [-0.15, -0.1) is 0 Å². The predicted molar refractivity (Wildman–Crippen MR) is 127 cm³/mol. The van der Waals surface area contributed by atoms with Crippen LogP contribution < -0.4 is 23.8 Å². The Labute approximate surface area is 195 Å². The first-order chi connectivity index (χ1) is 15.2. The van der Waals surface area contributed by atoms with E-state index in [2.05, 4.69) is 10.0 Å². The van der Waals surface area contributed by atoms with Crippen molar-refractivity contribution in [1.82, 2.24) is 4.72 Å². The average molecular weight is 500 g/mol. The maximum absolute atomic E-state index is 12.7. The van der Waals surface area contributed by atoms with Crippen molar-refractivity contribution in [3.63, 3.8) is 0 Å². The van der Waals surface area contributed by atoms with Crippen molar-refractivity contribution in [1.29, 1.82) is 0 Å². The van der Waals surface area contributed by atoms with Crippen LogP contribution in [0.3, 0.4) is 0 Å². The molecule has 182 valence electrons. The maximum atomic E-state index is 12.7. The van der Waals surface area contributed by atoms with Crippen LogP contribution in [0.2, 0.25) is 0 Å². The van der Waals surface area contributed by atoms with Gasteiger partial charge < -0.3 is 14.8 Å². The fourth-order valence-corrected chi connectivity index (χ4v) is 4.53. The van der Waals surface area contributed by atoms with Gasteiger partial charge in [0.25, 0.3) is 5.91 Å². The van der Waals surface area contributed by atoms with Gasteiger partial charge in [-0.05, 0) is 63.2 Å². The normalized spacial score (nSPS) is 12.8. The molecule has 0 saturated carbocycles. The zero-order chi connectivity index (χ0) is 25.0. The SMILES string of the molecule is COc1ccc(S(=O)(=O)NC(C)C)cc1NC(=O)C(C)Oc1ccc(N(C)S(C)(=O)=O)cc1. The Bertz CT molecular complexity index is 1190. The standard InChI is InChI=1S/C21H29N3O7S2/c1-14(2)23-33(28,29)18-11-12-20(30-5)19(13-18)22-21(25)15(3)31-17-9-7-16(8-10-17)24(4)32(6,26)27/h7-15,23H,1-6H3,(H,22,25). The molecule has 0 aliphatic heterocycles. The van der Waals surface area contributed by atoms with E-state index in [4.69, 9.17) is 9.47 Å². The molecule has 0 saturated heterocycles. The predicted octanol–water partition coefficient (Wildman–Crippen LogP) is 2.18. The molecule has 10 nitrogen and oxygen atoms in total. The molecular weight excluding hydrogens is 470 g/mol. The lowest BCUT2D eigenvalue weighted by Crippen LogP contribution is -2.31. The van der Waals surface area contributed by atoms with Crippen LogP contribution in [0.1, 0.15) is 20.8 Å². The monoisotopic (exact) mass is 499 g/mol. The molecule has 2 rings (SSSR count). The first kappa shape index (κ1) is 26.4. The van der Waals surface area contributed by atoms with Crippen molar-refractivity contribution in [2.45, 2.75) is 37.8 Å². The Hall–Kier alpha value is -2.83. The molecule has 0 aliphatic rings. The minimum Gasteiger partial charge on any atom is -0.495 e. The van der Waals surface area contributed by atoms with Gasteiger partial charge in [0.2, 0.25) is 20.0 Å². The number of rotatable bonds is 10. The number of carbonyl (C=O) groups is 1. The molecular formula is C21H29N3O7S2. The summed E-state index contributed by atoms with van der Waals surface area (Å²) < 4.78 is 62.7. The van der Waals surface area contributed by atoms with Gasteiger partial charge in [-0.2, -0.15) is 0 Å². The second-order valence-corrected chi connectivity index (χ2v) is 11.3. The van der Waals surface area contributed by atoms with Crippen LogP contribution in [0.15, 0.2) is 47.4 Å². The summed E-state index contributed by atoms with van der Waals surface area (Å²) in [5.74, 6) is 0.108. The summed E-state index contributed by atoms with van der Waals surface area (Å²) >= 11 is 0. The van der Waals surface area contributed by atoms with Crippen LogP contribution in [0, 0.1) is 0 Å². The zero-order valence-corrected chi connectivity index (χ0v) is 21.0. The summed E-state index contributed by atoms with van der Waals surface area (Å²) in [6, 6.07) is 10.1. The molecule has 0 aliphatic carbocycles. The molecule has 2 aromatic carbocycles. The van der Waals surface area contributed by atoms with E-state index in [0.717, 1.165) is 10.6 Å². The Morgan fingerprint density at radius 2 is 1.61 bits per heavy atom. The highest BCUT2D eigenvalue weighted by molar-refractivity contribution is 7.92. The van der Waals surface area contributed by atoms with E-state index in [1.165, 1.54) is 39.3 Å². The molecule has 2 N–H and O–H groups in total. The highest BCUT2D eigenvalue weighted by Crippen LogP contribution is 2.28. The lowest BCUT2D eigenvalue weighted by atomic mass is 10.2. The Kier molecular flexibility index (Phi) is 8.33. The van der Waals surface area contributed by atoms with Crippen molar-refractivity contribution in [2.75, 3.05) is 30.0 Å². The van der Waals surface area contributed by atoms with Crippen LogP contribution in [-0.2, 0) is 24.8 Å². The summed E-state index contributed by atoms with van der Waals surface area (Å²) in [6.07, 6.45) is 0.152. The highest BCUT2D eigenvalue weighted by atomic mass is 32.2. The fourth-order valence-electron chi connectivity index (χ4n) is 2.75. The number of anilines is 2.